The van der Waals surface area contributed by atoms with Crippen LogP contribution in [-0.2, 0) is 11.3 Å². The van der Waals surface area contributed by atoms with Gasteiger partial charge < -0.3 is 25.2 Å². The van der Waals surface area contributed by atoms with E-state index >= 15 is 0 Å². The average molecular weight is 524 g/mol. The quantitative estimate of drug-likeness (QED) is 0.356. The monoisotopic (exact) mass is 524 g/mol. The lowest BCUT2D eigenvalue weighted by Gasteiger charge is -2.37. The Balaban J connectivity index is 0.00000320. The van der Waals surface area contributed by atoms with E-state index in [1.807, 2.05) is 42.6 Å². The molecule has 0 atom stereocenters. The Bertz CT molecular complexity index is 854. The van der Waals surface area contributed by atoms with Gasteiger partial charge in [-0.25, -0.2) is 4.98 Å². The molecule has 1 amide bonds. The van der Waals surface area contributed by atoms with Crippen LogP contribution >= 0.6 is 24.0 Å². The van der Waals surface area contributed by atoms with Crippen LogP contribution in [0, 0.1) is 0 Å². The maximum absolute atomic E-state index is 11.4. The van der Waals surface area contributed by atoms with Crippen LogP contribution in [0.2, 0.25) is 0 Å². The van der Waals surface area contributed by atoms with E-state index in [9.17, 15) is 4.79 Å². The number of nitrogens with zero attached hydrogens (tertiary/aromatic N) is 4. The highest BCUT2D eigenvalue weighted by atomic mass is 127. The molecule has 1 aromatic carbocycles. The highest BCUT2D eigenvalue weighted by Gasteiger charge is 2.20. The summed E-state index contributed by atoms with van der Waals surface area (Å²) in [5, 5.41) is 6.22. The molecule has 0 radical (unpaired) electrons. The number of hydrogen-bond acceptors (Lipinski definition) is 5. The molecule has 0 spiro atoms. The minimum atomic E-state index is -0.130. The summed E-state index contributed by atoms with van der Waals surface area (Å²) in [5.41, 5.74) is 1.70. The first-order chi connectivity index (χ1) is 14.1. The van der Waals surface area contributed by atoms with E-state index in [0.29, 0.717) is 18.0 Å². The number of guanidine groups is 1. The number of aliphatic imine (C=N–C) groups is 1. The molecule has 0 saturated carbocycles. The van der Waals surface area contributed by atoms with Gasteiger partial charge in [-0.05, 0) is 29.8 Å². The van der Waals surface area contributed by atoms with Crippen LogP contribution in [0.25, 0.3) is 0 Å². The summed E-state index contributed by atoms with van der Waals surface area (Å²) >= 11 is 0. The smallest absolute Gasteiger partial charge is 0.221 e. The summed E-state index contributed by atoms with van der Waals surface area (Å²) < 4.78 is 5.31. The van der Waals surface area contributed by atoms with Gasteiger partial charge >= 0.3 is 0 Å². The highest BCUT2D eigenvalue weighted by Crippen LogP contribution is 2.25. The van der Waals surface area contributed by atoms with Crippen LogP contribution in [0.5, 0.6) is 5.75 Å². The van der Waals surface area contributed by atoms with Crippen LogP contribution in [0.3, 0.4) is 0 Å². The Morgan fingerprint density at radius 3 is 2.57 bits per heavy atom. The van der Waals surface area contributed by atoms with Crippen molar-refractivity contribution in [1.82, 2.24) is 15.2 Å². The maximum atomic E-state index is 11.4. The van der Waals surface area contributed by atoms with E-state index in [0.717, 1.165) is 43.5 Å². The molecule has 9 heteroatoms. The van der Waals surface area contributed by atoms with Crippen LogP contribution in [0.4, 0.5) is 11.5 Å². The molecule has 2 N–H and O–H groups in total. The van der Waals surface area contributed by atoms with Crippen molar-refractivity contribution in [1.29, 1.82) is 0 Å². The Hall–Kier alpha value is -2.56. The second kappa shape index (κ2) is 11.6. The van der Waals surface area contributed by atoms with E-state index in [2.05, 4.69) is 30.4 Å². The van der Waals surface area contributed by atoms with Crippen molar-refractivity contribution >= 4 is 47.3 Å². The van der Waals surface area contributed by atoms with Gasteiger partial charge in [0.25, 0.3) is 0 Å². The van der Waals surface area contributed by atoms with Crippen molar-refractivity contribution in [3.63, 3.8) is 0 Å². The molecule has 1 aliphatic rings. The number of pyridine rings is 1. The van der Waals surface area contributed by atoms with E-state index < -0.39 is 0 Å². The number of ether oxygens (including phenoxy) is 1. The molecular formula is C21H29IN6O2. The van der Waals surface area contributed by atoms with Crippen molar-refractivity contribution in [2.24, 2.45) is 4.99 Å². The predicted molar refractivity (Wildman–Crippen MR) is 131 cm³/mol. The second-order valence-corrected chi connectivity index (χ2v) is 6.78. The molecule has 8 nitrogen and oxygen atoms in total. The molecule has 162 valence electrons. The Labute approximate surface area is 194 Å². The number of piperazine rings is 1. The normalized spacial score (nSPS) is 14.0. The summed E-state index contributed by atoms with van der Waals surface area (Å²) in [6.45, 7) is 5.62. The van der Waals surface area contributed by atoms with Crippen LogP contribution < -0.4 is 20.3 Å². The largest absolute Gasteiger partial charge is 0.495 e. The average Bonchev–Trinajstić information content (AvgIpc) is 2.75. The fraction of sp³-hybridized carbons (Fsp3) is 0.381. The summed E-state index contributed by atoms with van der Waals surface area (Å²) in [6.07, 6.45) is 1.83. The van der Waals surface area contributed by atoms with Gasteiger partial charge in [-0.2, -0.15) is 0 Å². The van der Waals surface area contributed by atoms with Gasteiger partial charge in [0.15, 0.2) is 5.96 Å². The third-order valence-electron chi connectivity index (χ3n) is 4.79. The van der Waals surface area contributed by atoms with E-state index in [4.69, 9.17) is 4.74 Å². The van der Waals surface area contributed by atoms with E-state index in [1.165, 1.54) is 6.92 Å². The first-order valence-corrected chi connectivity index (χ1v) is 9.67. The Morgan fingerprint density at radius 1 is 1.20 bits per heavy atom. The van der Waals surface area contributed by atoms with Crippen LogP contribution in [0.15, 0.2) is 47.6 Å². The minimum absolute atomic E-state index is 0. The first-order valence-electron chi connectivity index (χ1n) is 9.67. The topological polar surface area (TPSA) is 82.1 Å². The molecule has 30 heavy (non-hydrogen) atoms. The SMILES string of the molecule is CN=C(NCc1ccc(OC)c(NC(C)=O)c1)N1CCN(c2ccccn2)CC1.I. The van der Waals surface area contributed by atoms with Gasteiger partial charge in [-0.3, -0.25) is 9.79 Å². The number of aromatic nitrogens is 1. The van der Waals surface area contributed by atoms with E-state index in [-0.39, 0.29) is 29.9 Å². The number of benzene rings is 1. The van der Waals surface area contributed by atoms with Gasteiger partial charge in [0.1, 0.15) is 11.6 Å². The Kier molecular flexibility index (Phi) is 9.15. The molecule has 2 heterocycles. The standard InChI is InChI=1S/C21H28N6O2.HI/c1-16(28)25-18-14-17(7-8-19(18)29-3)15-24-21(22-2)27-12-10-26(11-13-27)20-6-4-5-9-23-20;/h4-9,14H,10-13,15H2,1-3H3,(H,22,24)(H,25,28);1H. The highest BCUT2D eigenvalue weighted by molar-refractivity contribution is 14.0. The summed E-state index contributed by atoms with van der Waals surface area (Å²) in [7, 11) is 3.38. The first kappa shape index (κ1) is 23.7. The van der Waals surface area contributed by atoms with Crippen LogP contribution in [-0.4, -0.2) is 62.1 Å². The lowest BCUT2D eigenvalue weighted by molar-refractivity contribution is -0.114. The number of hydrogen-bond donors (Lipinski definition) is 2. The second-order valence-electron chi connectivity index (χ2n) is 6.78. The molecule has 0 aliphatic carbocycles. The number of carbonyl (C=O) groups is 1. The number of methoxy groups -OCH3 is 1. The lowest BCUT2D eigenvalue weighted by atomic mass is 10.2. The van der Waals surface area contributed by atoms with Crippen molar-refractivity contribution in [3.05, 3.63) is 48.2 Å². The van der Waals surface area contributed by atoms with Gasteiger partial charge in [-0.1, -0.05) is 12.1 Å². The minimum Gasteiger partial charge on any atom is -0.495 e. The molecule has 1 aliphatic heterocycles. The molecular weight excluding hydrogens is 495 g/mol. The van der Waals surface area contributed by atoms with Crippen molar-refractivity contribution in [2.75, 3.05) is 50.6 Å². The number of amides is 1. The van der Waals surface area contributed by atoms with Gasteiger partial charge in [-0.15, -0.1) is 24.0 Å². The lowest BCUT2D eigenvalue weighted by Crippen LogP contribution is -2.52. The van der Waals surface area contributed by atoms with Crippen molar-refractivity contribution in [2.45, 2.75) is 13.5 Å². The number of anilines is 2. The third-order valence-corrected chi connectivity index (χ3v) is 4.79. The number of rotatable bonds is 5. The predicted octanol–water partition coefficient (Wildman–Crippen LogP) is 2.56. The Morgan fingerprint density at radius 2 is 1.97 bits per heavy atom. The summed E-state index contributed by atoms with van der Waals surface area (Å²) in [5.74, 6) is 2.38. The molecule has 2 aromatic rings. The molecule has 0 bridgehead atoms. The number of halogens is 1. The summed E-state index contributed by atoms with van der Waals surface area (Å²) in [4.78, 5) is 24.8. The zero-order valence-electron chi connectivity index (χ0n) is 17.6. The molecule has 1 fully saturated rings. The molecule has 1 saturated heterocycles. The van der Waals surface area contributed by atoms with Gasteiger partial charge in [0, 0.05) is 52.9 Å². The van der Waals surface area contributed by atoms with Crippen molar-refractivity contribution < 1.29 is 9.53 Å². The maximum Gasteiger partial charge on any atom is 0.221 e. The van der Waals surface area contributed by atoms with E-state index in [1.54, 1.807) is 14.2 Å². The van der Waals surface area contributed by atoms with Gasteiger partial charge in [0.05, 0.1) is 12.8 Å². The number of nitrogens with one attached hydrogen (secondary N) is 2. The fourth-order valence-corrected chi connectivity index (χ4v) is 3.35. The molecule has 0 unspecified atom stereocenters. The van der Waals surface area contributed by atoms with Gasteiger partial charge in [0.2, 0.25) is 5.91 Å². The van der Waals surface area contributed by atoms with Crippen molar-refractivity contribution in [3.8, 4) is 5.75 Å². The molecule has 1 aromatic heterocycles. The number of carbonyl (C=O) groups excluding carboxylic acids is 1. The third kappa shape index (κ3) is 6.22. The zero-order valence-corrected chi connectivity index (χ0v) is 19.9. The fourth-order valence-electron chi connectivity index (χ4n) is 3.35. The summed E-state index contributed by atoms with van der Waals surface area (Å²) in [6, 6.07) is 11.7. The zero-order chi connectivity index (χ0) is 20.6. The van der Waals surface area contributed by atoms with Crippen LogP contribution in [0.1, 0.15) is 12.5 Å². The molecule has 3 rings (SSSR count).